The van der Waals surface area contributed by atoms with E-state index in [0.29, 0.717) is 18.9 Å². The Morgan fingerprint density at radius 1 is 1.29 bits per heavy atom. The van der Waals surface area contributed by atoms with Gasteiger partial charge in [-0.15, -0.1) is 0 Å². The third-order valence-electron chi connectivity index (χ3n) is 1.81. The van der Waals surface area contributed by atoms with Gasteiger partial charge in [-0.05, 0) is 39.4 Å². The van der Waals surface area contributed by atoms with E-state index in [1.807, 2.05) is 27.9 Å². The van der Waals surface area contributed by atoms with E-state index in [9.17, 15) is 4.79 Å². The number of ether oxygens (including phenoxy) is 1. The molecule has 0 unspecified atom stereocenters. The predicted molar refractivity (Wildman–Crippen MR) is 58.2 cm³/mol. The number of unbranched alkanes of at least 4 members (excludes halogenated alkanes) is 1. The molecule has 0 aliphatic heterocycles. The van der Waals surface area contributed by atoms with Crippen molar-refractivity contribution >= 4 is 5.97 Å². The highest BCUT2D eigenvalue weighted by Gasteiger charge is 2.03. The van der Waals surface area contributed by atoms with Crippen molar-refractivity contribution in [3.63, 3.8) is 0 Å². The van der Waals surface area contributed by atoms with Crippen LogP contribution in [0.3, 0.4) is 0 Å². The van der Waals surface area contributed by atoms with Crippen LogP contribution < -0.4 is 0 Å². The first-order valence-corrected chi connectivity index (χ1v) is 5.32. The molecule has 0 spiro atoms. The number of carbonyl (C=O) groups is 1. The predicted octanol–water partition coefficient (Wildman–Crippen LogP) is 1.92. The lowest BCUT2D eigenvalue weighted by atomic mass is 10.2. The molecule has 14 heavy (non-hydrogen) atoms. The summed E-state index contributed by atoms with van der Waals surface area (Å²) in [6.07, 6.45) is 2.54. The van der Waals surface area contributed by atoms with Crippen LogP contribution in [0.4, 0.5) is 0 Å². The molecule has 0 fully saturated rings. The zero-order chi connectivity index (χ0) is 11.0. The minimum absolute atomic E-state index is 0.0579. The van der Waals surface area contributed by atoms with Crippen molar-refractivity contribution in [1.82, 2.24) is 4.90 Å². The van der Waals surface area contributed by atoms with Gasteiger partial charge in [0.2, 0.25) is 0 Å². The molecule has 0 bridgehead atoms. The van der Waals surface area contributed by atoms with Gasteiger partial charge in [0.05, 0.1) is 6.61 Å². The zero-order valence-electron chi connectivity index (χ0n) is 9.88. The lowest BCUT2D eigenvalue weighted by Gasteiger charge is -2.09. The maximum atomic E-state index is 11.2. The Morgan fingerprint density at radius 3 is 2.43 bits per heavy atom. The van der Waals surface area contributed by atoms with Crippen molar-refractivity contribution in [3.8, 4) is 0 Å². The number of carbonyl (C=O) groups excluding carboxylic acids is 1. The van der Waals surface area contributed by atoms with Gasteiger partial charge in [-0.2, -0.15) is 0 Å². The van der Waals surface area contributed by atoms with Crippen LogP contribution in [0.15, 0.2) is 0 Å². The van der Waals surface area contributed by atoms with Gasteiger partial charge >= 0.3 is 5.97 Å². The van der Waals surface area contributed by atoms with Crippen LogP contribution in [0.5, 0.6) is 0 Å². The fourth-order valence-corrected chi connectivity index (χ4v) is 1.03. The topological polar surface area (TPSA) is 29.5 Å². The summed E-state index contributed by atoms with van der Waals surface area (Å²) in [5, 5.41) is 0. The Kier molecular flexibility index (Phi) is 7.48. The van der Waals surface area contributed by atoms with E-state index in [1.54, 1.807) is 0 Å². The van der Waals surface area contributed by atoms with Crippen LogP contribution in [0, 0.1) is 5.92 Å². The van der Waals surface area contributed by atoms with Gasteiger partial charge in [0.25, 0.3) is 0 Å². The summed E-state index contributed by atoms with van der Waals surface area (Å²) >= 11 is 0. The lowest BCUT2D eigenvalue weighted by molar-refractivity contribution is -0.144. The molecule has 0 rings (SSSR count). The summed E-state index contributed by atoms with van der Waals surface area (Å²) in [6.45, 7) is 5.67. The zero-order valence-corrected chi connectivity index (χ0v) is 9.88. The normalized spacial score (nSPS) is 11.0. The molecular formula is C11H23NO2. The minimum Gasteiger partial charge on any atom is -0.465 e. The third kappa shape index (κ3) is 9.52. The first-order chi connectivity index (χ1) is 6.52. The first kappa shape index (κ1) is 13.4. The van der Waals surface area contributed by atoms with Gasteiger partial charge in [-0.3, -0.25) is 4.79 Å². The molecule has 3 nitrogen and oxygen atoms in total. The fraction of sp³-hybridized carbons (Fsp3) is 0.909. The highest BCUT2D eigenvalue weighted by molar-refractivity contribution is 5.69. The summed E-state index contributed by atoms with van der Waals surface area (Å²) < 4.78 is 5.06. The Bertz CT molecular complexity index is 155. The summed E-state index contributed by atoms with van der Waals surface area (Å²) in [4.78, 5) is 13.3. The molecule has 0 N–H and O–H groups in total. The molecule has 0 heterocycles. The van der Waals surface area contributed by atoms with Gasteiger partial charge in [-0.1, -0.05) is 13.8 Å². The first-order valence-electron chi connectivity index (χ1n) is 5.32. The third-order valence-corrected chi connectivity index (χ3v) is 1.81. The number of esters is 1. The van der Waals surface area contributed by atoms with E-state index in [0.717, 1.165) is 19.4 Å². The number of rotatable bonds is 7. The molecule has 0 saturated heterocycles. The molecule has 84 valence electrons. The van der Waals surface area contributed by atoms with E-state index >= 15 is 0 Å². The van der Waals surface area contributed by atoms with E-state index in [1.165, 1.54) is 0 Å². The van der Waals surface area contributed by atoms with Crippen molar-refractivity contribution in [2.24, 2.45) is 5.92 Å². The second kappa shape index (κ2) is 7.80. The summed E-state index contributed by atoms with van der Waals surface area (Å²) in [6, 6.07) is 0. The van der Waals surface area contributed by atoms with Gasteiger partial charge in [0.1, 0.15) is 0 Å². The molecule has 0 aromatic carbocycles. The van der Waals surface area contributed by atoms with E-state index in [-0.39, 0.29) is 5.97 Å². The molecule has 0 amide bonds. The summed E-state index contributed by atoms with van der Waals surface area (Å²) in [5.74, 6) is 0.373. The molecule has 0 aromatic heterocycles. The van der Waals surface area contributed by atoms with Crippen molar-refractivity contribution < 1.29 is 9.53 Å². The average Bonchev–Trinajstić information content (AvgIpc) is 2.08. The lowest BCUT2D eigenvalue weighted by Crippen LogP contribution is -2.14. The largest absolute Gasteiger partial charge is 0.465 e. The van der Waals surface area contributed by atoms with E-state index < -0.39 is 0 Å². The molecule has 3 heteroatoms. The molecule has 0 atom stereocenters. The highest BCUT2D eigenvalue weighted by Crippen LogP contribution is 2.00. The smallest absolute Gasteiger partial charge is 0.305 e. The quantitative estimate of drug-likeness (QED) is 0.465. The Balaban J connectivity index is 3.27. The van der Waals surface area contributed by atoms with E-state index in [4.69, 9.17) is 4.74 Å². The average molecular weight is 201 g/mol. The molecule has 0 saturated carbocycles. The maximum Gasteiger partial charge on any atom is 0.305 e. The van der Waals surface area contributed by atoms with Crippen molar-refractivity contribution in [2.75, 3.05) is 27.2 Å². The fourth-order valence-electron chi connectivity index (χ4n) is 1.03. The second-order valence-electron chi connectivity index (χ2n) is 4.34. The monoisotopic (exact) mass is 201 g/mol. The molecule has 0 aromatic rings. The second-order valence-corrected chi connectivity index (χ2v) is 4.34. The maximum absolute atomic E-state index is 11.2. The van der Waals surface area contributed by atoms with Gasteiger partial charge in [-0.25, -0.2) is 0 Å². The molecular weight excluding hydrogens is 178 g/mol. The molecule has 0 aliphatic rings. The number of hydrogen-bond donors (Lipinski definition) is 0. The molecule has 0 aliphatic carbocycles. The Hall–Kier alpha value is -0.570. The molecule has 0 radical (unpaired) electrons. The van der Waals surface area contributed by atoms with Crippen LogP contribution in [0.2, 0.25) is 0 Å². The SMILES string of the molecule is CC(C)COC(=O)CCCCN(C)C. The van der Waals surface area contributed by atoms with Crippen molar-refractivity contribution in [1.29, 1.82) is 0 Å². The van der Waals surface area contributed by atoms with Gasteiger partial charge < -0.3 is 9.64 Å². The summed E-state index contributed by atoms with van der Waals surface area (Å²) in [5.41, 5.74) is 0. The van der Waals surface area contributed by atoms with Crippen LogP contribution in [-0.2, 0) is 9.53 Å². The number of hydrogen-bond acceptors (Lipinski definition) is 3. The van der Waals surface area contributed by atoms with E-state index in [2.05, 4.69) is 4.90 Å². The standard InChI is InChI=1S/C11H23NO2/c1-10(2)9-14-11(13)7-5-6-8-12(3)4/h10H,5-9H2,1-4H3. The highest BCUT2D eigenvalue weighted by atomic mass is 16.5. The summed E-state index contributed by atoms with van der Waals surface area (Å²) in [7, 11) is 4.08. The Morgan fingerprint density at radius 2 is 1.93 bits per heavy atom. The van der Waals surface area contributed by atoms with Gasteiger partial charge in [0.15, 0.2) is 0 Å². The minimum atomic E-state index is -0.0579. The van der Waals surface area contributed by atoms with Crippen molar-refractivity contribution in [3.05, 3.63) is 0 Å². The van der Waals surface area contributed by atoms with Crippen LogP contribution >= 0.6 is 0 Å². The van der Waals surface area contributed by atoms with Crippen LogP contribution in [0.1, 0.15) is 33.1 Å². The van der Waals surface area contributed by atoms with Crippen LogP contribution in [0.25, 0.3) is 0 Å². The number of nitrogens with zero attached hydrogens (tertiary/aromatic N) is 1. The Labute approximate surface area is 87.4 Å². The van der Waals surface area contributed by atoms with Gasteiger partial charge in [0, 0.05) is 6.42 Å². The van der Waals surface area contributed by atoms with Crippen molar-refractivity contribution in [2.45, 2.75) is 33.1 Å². The van der Waals surface area contributed by atoms with Crippen LogP contribution in [-0.4, -0.2) is 38.1 Å².